The Bertz CT molecular complexity index is 638. The molecule has 0 saturated carbocycles. The third kappa shape index (κ3) is 5.73. The van der Waals surface area contributed by atoms with Gasteiger partial charge in [-0.15, -0.1) is 11.8 Å². The van der Waals surface area contributed by atoms with E-state index in [9.17, 15) is 9.59 Å². The van der Waals surface area contributed by atoms with E-state index >= 15 is 0 Å². The Morgan fingerprint density at radius 3 is 2.57 bits per heavy atom. The van der Waals surface area contributed by atoms with Crippen LogP contribution in [0.3, 0.4) is 0 Å². The standard InChI is InChI=1S/C17H19NO3S2/c1-22-14-5-3-13(4-6-14)15(10-17(20)21)18-16(19)7-2-12-8-9-23-11-12/h3-6,8-9,11,15H,2,7,10H2,1H3,(H,18,19)(H,20,21). The Labute approximate surface area is 143 Å². The van der Waals surface area contributed by atoms with Gasteiger partial charge in [-0.3, -0.25) is 9.59 Å². The molecule has 1 aromatic carbocycles. The summed E-state index contributed by atoms with van der Waals surface area (Å²) >= 11 is 3.22. The smallest absolute Gasteiger partial charge is 0.305 e. The molecule has 23 heavy (non-hydrogen) atoms. The molecule has 0 saturated heterocycles. The van der Waals surface area contributed by atoms with Crippen molar-refractivity contribution in [3.8, 4) is 0 Å². The summed E-state index contributed by atoms with van der Waals surface area (Å²) in [6.45, 7) is 0. The molecule has 122 valence electrons. The first-order chi connectivity index (χ1) is 11.1. The van der Waals surface area contributed by atoms with Crippen LogP contribution in [-0.4, -0.2) is 23.2 Å². The number of carbonyl (C=O) groups is 2. The van der Waals surface area contributed by atoms with Crippen LogP contribution in [0.5, 0.6) is 0 Å². The number of nitrogens with one attached hydrogen (secondary N) is 1. The fraction of sp³-hybridized carbons (Fsp3) is 0.294. The van der Waals surface area contributed by atoms with Crippen LogP contribution >= 0.6 is 23.1 Å². The number of hydrogen-bond acceptors (Lipinski definition) is 4. The van der Waals surface area contributed by atoms with E-state index in [0.717, 1.165) is 16.0 Å². The van der Waals surface area contributed by atoms with E-state index in [-0.39, 0.29) is 12.3 Å². The Morgan fingerprint density at radius 2 is 2.00 bits per heavy atom. The maximum Gasteiger partial charge on any atom is 0.305 e. The zero-order valence-electron chi connectivity index (χ0n) is 12.8. The molecule has 0 aliphatic rings. The zero-order valence-corrected chi connectivity index (χ0v) is 14.5. The maximum absolute atomic E-state index is 12.1. The summed E-state index contributed by atoms with van der Waals surface area (Å²) < 4.78 is 0. The summed E-state index contributed by atoms with van der Waals surface area (Å²) in [6.07, 6.45) is 2.88. The summed E-state index contributed by atoms with van der Waals surface area (Å²) in [5.41, 5.74) is 1.94. The lowest BCUT2D eigenvalue weighted by molar-refractivity contribution is -0.137. The third-order valence-corrected chi connectivity index (χ3v) is 4.93. The van der Waals surface area contributed by atoms with Gasteiger partial charge in [0, 0.05) is 11.3 Å². The molecule has 6 heteroatoms. The van der Waals surface area contributed by atoms with E-state index in [1.807, 2.05) is 47.3 Å². The van der Waals surface area contributed by atoms with Gasteiger partial charge in [0.15, 0.2) is 0 Å². The summed E-state index contributed by atoms with van der Waals surface area (Å²) in [7, 11) is 0. The van der Waals surface area contributed by atoms with Crippen LogP contribution in [-0.2, 0) is 16.0 Å². The normalized spacial score (nSPS) is 11.9. The molecule has 2 rings (SSSR count). The van der Waals surface area contributed by atoms with Gasteiger partial charge < -0.3 is 10.4 Å². The van der Waals surface area contributed by atoms with Crippen molar-refractivity contribution in [3.63, 3.8) is 0 Å². The molecule has 1 atom stereocenters. The highest BCUT2D eigenvalue weighted by Crippen LogP contribution is 2.21. The number of carboxylic acids is 1. The minimum Gasteiger partial charge on any atom is -0.481 e. The van der Waals surface area contributed by atoms with Gasteiger partial charge in [0.2, 0.25) is 5.91 Å². The van der Waals surface area contributed by atoms with Crippen molar-refractivity contribution in [1.29, 1.82) is 0 Å². The largest absolute Gasteiger partial charge is 0.481 e. The molecule has 0 radical (unpaired) electrons. The molecule has 2 N–H and O–H groups in total. The molecule has 0 aliphatic heterocycles. The van der Waals surface area contributed by atoms with Crippen LogP contribution in [0.25, 0.3) is 0 Å². The number of amides is 1. The summed E-state index contributed by atoms with van der Waals surface area (Å²) in [4.78, 5) is 24.3. The van der Waals surface area contributed by atoms with E-state index in [2.05, 4.69) is 5.32 Å². The van der Waals surface area contributed by atoms with E-state index in [0.29, 0.717) is 12.8 Å². The Hall–Kier alpha value is -1.79. The lowest BCUT2D eigenvalue weighted by atomic mass is 10.0. The van der Waals surface area contributed by atoms with Crippen LogP contribution in [0.2, 0.25) is 0 Å². The first kappa shape index (κ1) is 17.6. The first-order valence-electron chi connectivity index (χ1n) is 7.24. The molecule has 4 nitrogen and oxygen atoms in total. The number of carboxylic acid groups (broad SMARTS) is 1. The Balaban J connectivity index is 1.99. The molecule has 1 heterocycles. The number of thioether (sulfide) groups is 1. The molecule has 0 bridgehead atoms. The highest BCUT2D eigenvalue weighted by Gasteiger charge is 2.18. The highest BCUT2D eigenvalue weighted by molar-refractivity contribution is 7.98. The van der Waals surface area contributed by atoms with Gasteiger partial charge in [-0.05, 0) is 52.8 Å². The van der Waals surface area contributed by atoms with E-state index in [4.69, 9.17) is 5.11 Å². The molecular weight excluding hydrogens is 330 g/mol. The van der Waals surface area contributed by atoms with Gasteiger partial charge in [0.25, 0.3) is 0 Å². The van der Waals surface area contributed by atoms with Crippen molar-refractivity contribution in [1.82, 2.24) is 5.32 Å². The number of aryl methyl sites for hydroxylation is 1. The van der Waals surface area contributed by atoms with Crippen LogP contribution in [0.4, 0.5) is 0 Å². The fourth-order valence-corrected chi connectivity index (χ4v) is 3.33. The van der Waals surface area contributed by atoms with Crippen molar-refractivity contribution in [2.75, 3.05) is 6.26 Å². The fourth-order valence-electron chi connectivity index (χ4n) is 2.22. The summed E-state index contributed by atoms with van der Waals surface area (Å²) in [5.74, 6) is -1.06. The average molecular weight is 349 g/mol. The zero-order chi connectivity index (χ0) is 16.7. The second kappa shape index (κ2) is 8.74. The molecule has 0 spiro atoms. The molecule has 1 amide bonds. The lowest BCUT2D eigenvalue weighted by Gasteiger charge is -2.18. The molecule has 2 aromatic rings. The number of rotatable bonds is 8. The Morgan fingerprint density at radius 1 is 1.26 bits per heavy atom. The van der Waals surface area contributed by atoms with Gasteiger partial charge in [-0.2, -0.15) is 11.3 Å². The molecule has 1 unspecified atom stereocenters. The van der Waals surface area contributed by atoms with Gasteiger partial charge >= 0.3 is 5.97 Å². The number of hydrogen-bond donors (Lipinski definition) is 2. The molecule has 1 aromatic heterocycles. The SMILES string of the molecule is CSc1ccc(C(CC(=O)O)NC(=O)CCc2ccsc2)cc1. The predicted molar refractivity (Wildman–Crippen MR) is 94.0 cm³/mol. The molecule has 0 aliphatic carbocycles. The van der Waals surface area contributed by atoms with Crippen molar-refractivity contribution in [3.05, 3.63) is 52.2 Å². The predicted octanol–water partition coefficient (Wildman–Crippen LogP) is 3.73. The van der Waals surface area contributed by atoms with Crippen molar-refractivity contribution in [2.45, 2.75) is 30.2 Å². The van der Waals surface area contributed by atoms with Crippen LogP contribution in [0, 0.1) is 0 Å². The number of aliphatic carboxylic acids is 1. The lowest BCUT2D eigenvalue weighted by Crippen LogP contribution is -2.30. The van der Waals surface area contributed by atoms with Gasteiger partial charge in [0.1, 0.15) is 0 Å². The number of carbonyl (C=O) groups excluding carboxylic acids is 1. The van der Waals surface area contributed by atoms with Crippen LogP contribution < -0.4 is 5.32 Å². The van der Waals surface area contributed by atoms with Crippen molar-refractivity contribution >= 4 is 35.0 Å². The molecule has 0 fully saturated rings. The van der Waals surface area contributed by atoms with E-state index < -0.39 is 12.0 Å². The quantitative estimate of drug-likeness (QED) is 0.713. The monoisotopic (exact) mass is 349 g/mol. The van der Waals surface area contributed by atoms with Gasteiger partial charge in [-0.1, -0.05) is 12.1 Å². The van der Waals surface area contributed by atoms with E-state index in [1.54, 1.807) is 23.1 Å². The van der Waals surface area contributed by atoms with Gasteiger partial charge in [-0.25, -0.2) is 0 Å². The minimum atomic E-state index is -0.929. The van der Waals surface area contributed by atoms with Crippen molar-refractivity contribution < 1.29 is 14.7 Å². The number of benzene rings is 1. The Kier molecular flexibility index (Phi) is 6.67. The first-order valence-corrected chi connectivity index (χ1v) is 9.41. The van der Waals surface area contributed by atoms with Crippen molar-refractivity contribution in [2.24, 2.45) is 0 Å². The minimum absolute atomic E-state index is 0.122. The molecular formula is C17H19NO3S2. The second-order valence-electron chi connectivity index (χ2n) is 5.12. The van der Waals surface area contributed by atoms with Gasteiger partial charge in [0.05, 0.1) is 12.5 Å². The summed E-state index contributed by atoms with van der Waals surface area (Å²) in [5, 5.41) is 15.9. The van der Waals surface area contributed by atoms with Crippen LogP contribution in [0.1, 0.15) is 30.0 Å². The second-order valence-corrected chi connectivity index (χ2v) is 6.78. The average Bonchev–Trinajstić information content (AvgIpc) is 3.05. The maximum atomic E-state index is 12.1. The van der Waals surface area contributed by atoms with E-state index in [1.165, 1.54) is 0 Å². The number of thiophene rings is 1. The topological polar surface area (TPSA) is 66.4 Å². The summed E-state index contributed by atoms with van der Waals surface area (Å²) in [6, 6.07) is 9.11. The van der Waals surface area contributed by atoms with Crippen LogP contribution in [0.15, 0.2) is 46.0 Å². The highest BCUT2D eigenvalue weighted by atomic mass is 32.2. The third-order valence-electron chi connectivity index (χ3n) is 3.45.